The van der Waals surface area contributed by atoms with E-state index in [1.54, 1.807) is 0 Å². The van der Waals surface area contributed by atoms with Gasteiger partial charge in [0, 0.05) is 13.0 Å². The first-order chi connectivity index (χ1) is 9.11. The van der Waals surface area contributed by atoms with E-state index in [2.05, 4.69) is 21.0 Å². The van der Waals surface area contributed by atoms with Crippen molar-refractivity contribution in [1.82, 2.24) is 10.2 Å². The van der Waals surface area contributed by atoms with Crippen molar-refractivity contribution in [3.63, 3.8) is 0 Å². The predicted molar refractivity (Wildman–Crippen MR) is 72.5 cm³/mol. The minimum atomic E-state index is -0.406. The van der Waals surface area contributed by atoms with Crippen LogP contribution in [0.15, 0.2) is 18.2 Å². The summed E-state index contributed by atoms with van der Waals surface area (Å²) in [6, 6.07) is 6.33. The molecule has 5 heteroatoms. The summed E-state index contributed by atoms with van der Waals surface area (Å²) < 4.78 is 10.1. The highest BCUT2D eigenvalue weighted by Crippen LogP contribution is 2.29. The monoisotopic (exact) mass is 264 g/mol. The standard InChI is InChI=1S/C14H20N2O3/c1-16(2)12(9-15-14(17)18-3)10-4-5-13-11(8-10)6-7-19-13/h4-5,8,12H,6-7,9H2,1-3H3,(H,15,17). The van der Waals surface area contributed by atoms with Crippen LogP contribution < -0.4 is 10.1 Å². The number of hydrogen-bond donors (Lipinski definition) is 1. The van der Waals surface area contributed by atoms with Gasteiger partial charge in [0.2, 0.25) is 0 Å². The molecule has 104 valence electrons. The topological polar surface area (TPSA) is 50.8 Å². The van der Waals surface area contributed by atoms with Gasteiger partial charge in [0.15, 0.2) is 0 Å². The summed E-state index contributed by atoms with van der Waals surface area (Å²) in [4.78, 5) is 13.3. The van der Waals surface area contributed by atoms with Crippen molar-refractivity contribution in [2.75, 3.05) is 34.4 Å². The number of carbonyl (C=O) groups excluding carboxylic acids is 1. The number of alkyl carbamates (subject to hydrolysis) is 1. The first kappa shape index (κ1) is 13.7. The number of carbonyl (C=O) groups is 1. The van der Waals surface area contributed by atoms with Crippen molar-refractivity contribution in [3.05, 3.63) is 29.3 Å². The molecule has 1 amide bonds. The highest BCUT2D eigenvalue weighted by Gasteiger charge is 2.19. The SMILES string of the molecule is COC(=O)NCC(c1ccc2c(c1)CCO2)N(C)C. The van der Waals surface area contributed by atoms with E-state index in [9.17, 15) is 4.79 Å². The van der Waals surface area contributed by atoms with Gasteiger partial charge in [-0.2, -0.15) is 0 Å². The van der Waals surface area contributed by atoms with Crippen molar-refractivity contribution in [2.24, 2.45) is 0 Å². The highest BCUT2D eigenvalue weighted by molar-refractivity contribution is 5.66. The Hall–Kier alpha value is -1.75. The minimum absolute atomic E-state index is 0.116. The summed E-state index contributed by atoms with van der Waals surface area (Å²) in [6.07, 6.45) is 0.546. The molecule has 0 bridgehead atoms. The number of likely N-dealkylation sites (N-methyl/N-ethyl adjacent to an activating group) is 1. The van der Waals surface area contributed by atoms with Crippen LogP contribution in [0.2, 0.25) is 0 Å². The molecule has 1 heterocycles. The van der Waals surface area contributed by atoms with Crippen LogP contribution in [0.5, 0.6) is 5.75 Å². The molecule has 1 atom stereocenters. The van der Waals surface area contributed by atoms with Crippen LogP contribution in [0.1, 0.15) is 17.2 Å². The van der Waals surface area contributed by atoms with E-state index in [0.29, 0.717) is 6.54 Å². The minimum Gasteiger partial charge on any atom is -0.493 e. The van der Waals surface area contributed by atoms with Crippen molar-refractivity contribution >= 4 is 6.09 Å². The maximum Gasteiger partial charge on any atom is 0.406 e. The van der Waals surface area contributed by atoms with E-state index in [4.69, 9.17) is 4.74 Å². The van der Waals surface area contributed by atoms with Crippen LogP contribution in [-0.4, -0.2) is 45.3 Å². The molecule has 0 aromatic heterocycles. The number of amides is 1. The third-order valence-corrected chi connectivity index (χ3v) is 3.35. The maximum absolute atomic E-state index is 11.2. The summed E-state index contributed by atoms with van der Waals surface area (Å²) in [5, 5.41) is 2.75. The summed E-state index contributed by atoms with van der Waals surface area (Å²) in [5.41, 5.74) is 2.41. The maximum atomic E-state index is 11.2. The van der Waals surface area contributed by atoms with Gasteiger partial charge in [0.25, 0.3) is 0 Å². The Morgan fingerprint density at radius 2 is 2.32 bits per heavy atom. The molecular formula is C14H20N2O3. The van der Waals surface area contributed by atoms with E-state index >= 15 is 0 Å². The second-order valence-corrected chi connectivity index (χ2v) is 4.82. The third-order valence-electron chi connectivity index (χ3n) is 3.35. The fourth-order valence-corrected chi connectivity index (χ4v) is 2.26. The Labute approximate surface area is 113 Å². The molecular weight excluding hydrogens is 244 g/mol. The lowest BCUT2D eigenvalue weighted by molar-refractivity contribution is 0.166. The van der Waals surface area contributed by atoms with Crippen LogP contribution in [0, 0.1) is 0 Å². The van der Waals surface area contributed by atoms with E-state index in [-0.39, 0.29) is 6.04 Å². The average Bonchev–Trinajstić information content (AvgIpc) is 2.85. The van der Waals surface area contributed by atoms with Gasteiger partial charge in [-0.25, -0.2) is 4.79 Å². The van der Waals surface area contributed by atoms with E-state index < -0.39 is 6.09 Å². The molecule has 1 aromatic carbocycles. The molecule has 2 rings (SSSR count). The van der Waals surface area contributed by atoms with Gasteiger partial charge in [0.05, 0.1) is 19.8 Å². The van der Waals surface area contributed by atoms with E-state index in [1.165, 1.54) is 18.2 Å². The Bertz CT molecular complexity index is 460. The number of fused-ring (bicyclic) bond motifs is 1. The molecule has 1 aromatic rings. The average molecular weight is 264 g/mol. The smallest absolute Gasteiger partial charge is 0.406 e. The summed E-state index contributed by atoms with van der Waals surface area (Å²) >= 11 is 0. The van der Waals surface area contributed by atoms with Gasteiger partial charge in [-0.15, -0.1) is 0 Å². The normalized spacial score (nSPS) is 14.7. The van der Waals surface area contributed by atoms with Crippen LogP contribution in [0.3, 0.4) is 0 Å². The molecule has 5 nitrogen and oxygen atoms in total. The predicted octanol–water partition coefficient (Wildman–Crippen LogP) is 1.58. The molecule has 0 fully saturated rings. The van der Waals surface area contributed by atoms with Crippen molar-refractivity contribution in [2.45, 2.75) is 12.5 Å². The molecule has 1 unspecified atom stereocenters. The largest absolute Gasteiger partial charge is 0.493 e. The van der Waals surface area contributed by atoms with Gasteiger partial charge < -0.3 is 19.7 Å². The number of ether oxygens (including phenoxy) is 2. The number of rotatable bonds is 4. The van der Waals surface area contributed by atoms with Gasteiger partial charge in [-0.1, -0.05) is 12.1 Å². The zero-order valence-corrected chi connectivity index (χ0v) is 11.6. The Morgan fingerprint density at radius 1 is 1.53 bits per heavy atom. The Kier molecular flexibility index (Phi) is 4.27. The van der Waals surface area contributed by atoms with Crippen LogP contribution in [-0.2, 0) is 11.2 Å². The molecule has 1 N–H and O–H groups in total. The lowest BCUT2D eigenvalue weighted by Gasteiger charge is -2.25. The van der Waals surface area contributed by atoms with E-state index in [0.717, 1.165) is 18.8 Å². The molecule has 0 spiro atoms. The molecule has 1 aliphatic heterocycles. The number of methoxy groups -OCH3 is 1. The molecule has 19 heavy (non-hydrogen) atoms. The lowest BCUT2D eigenvalue weighted by Crippen LogP contribution is -2.34. The highest BCUT2D eigenvalue weighted by atomic mass is 16.5. The molecule has 0 radical (unpaired) electrons. The van der Waals surface area contributed by atoms with E-state index in [1.807, 2.05) is 26.2 Å². The Morgan fingerprint density at radius 3 is 3.00 bits per heavy atom. The van der Waals surface area contributed by atoms with Crippen LogP contribution in [0.4, 0.5) is 4.79 Å². The molecule has 0 saturated heterocycles. The molecule has 0 aliphatic carbocycles. The quantitative estimate of drug-likeness (QED) is 0.897. The summed E-state index contributed by atoms with van der Waals surface area (Å²) in [5.74, 6) is 0.974. The lowest BCUT2D eigenvalue weighted by atomic mass is 10.0. The summed E-state index contributed by atoms with van der Waals surface area (Å²) in [6.45, 7) is 1.27. The first-order valence-corrected chi connectivity index (χ1v) is 6.35. The van der Waals surface area contributed by atoms with Crippen molar-refractivity contribution < 1.29 is 14.3 Å². The van der Waals surface area contributed by atoms with Crippen molar-refractivity contribution in [1.29, 1.82) is 0 Å². The second-order valence-electron chi connectivity index (χ2n) is 4.82. The van der Waals surface area contributed by atoms with Gasteiger partial charge in [-0.05, 0) is 31.3 Å². The van der Waals surface area contributed by atoms with Gasteiger partial charge >= 0.3 is 6.09 Å². The van der Waals surface area contributed by atoms with Gasteiger partial charge in [-0.3, -0.25) is 0 Å². The van der Waals surface area contributed by atoms with Crippen LogP contribution in [0.25, 0.3) is 0 Å². The number of nitrogens with zero attached hydrogens (tertiary/aromatic N) is 1. The number of benzene rings is 1. The van der Waals surface area contributed by atoms with Crippen molar-refractivity contribution in [3.8, 4) is 5.75 Å². The fourth-order valence-electron chi connectivity index (χ4n) is 2.26. The fraction of sp³-hybridized carbons (Fsp3) is 0.500. The van der Waals surface area contributed by atoms with Gasteiger partial charge in [0.1, 0.15) is 5.75 Å². The Balaban J connectivity index is 2.12. The van der Waals surface area contributed by atoms with Crippen LogP contribution >= 0.6 is 0 Å². The molecule has 1 aliphatic rings. The zero-order valence-electron chi connectivity index (χ0n) is 11.6. The number of nitrogens with one attached hydrogen (secondary N) is 1. The third kappa shape index (κ3) is 3.17. The summed E-state index contributed by atoms with van der Waals surface area (Å²) in [7, 11) is 5.35. The first-order valence-electron chi connectivity index (χ1n) is 6.35. The number of hydrogen-bond acceptors (Lipinski definition) is 4. The second kappa shape index (κ2) is 5.93. The molecule has 0 saturated carbocycles. The zero-order chi connectivity index (χ0) is 13.8.